The fourth-order valence-electron chi connectivity index (χ4n) is 3.41. The molecule has 0 saturated carbocycles. The van der Waals surface area contributed by atoms with Crippen LogP contribution >= 0.6 is 23.1 Å². The van der Waals surface area contributed by atoms with Gasteiger partial charge in [0.25, 0.3) is 5.56 Å². The molecule has 4 rings (SSSR count). The van der Waals surface area contributed by atoms with Crippen molar-refractivity contribution in [2.75, 3.05) is 12.9 Å². The molecule has 140 valence electrons. The van der Waals surface area contributed by atoms with Crippen molar-refractivity contribution in [3.05, 3.63) is 50.6 Å². The molecule has 5 nitrogen and oxygen atoms in total. The van der Waals surface area contributed by atoms with Crippen molar-refractivity contribution in [3.63, 3.8) is 0 Å². The minimum atomic E-state index is -0.0151. The van der Waals surface area contributed by atoms with Crippen molar-refractivity contribution in [1.29, 1.82) is 0 Å². The number of hydrogen-bond donors (Lipinski definition) is 0. The van der Waals surface area contributed by atoms with Gasteiger partial charge in [0.1, 0.15) is 10.6 Å². The summed E-state index contributed by atoms with van der Waals surface area (Å²) in [7, 11) is 3.31. The molecular weight excluding hydrogens is 380 g/mol. The number of thiophene rings is 1. The molecular formula is C20H20N2O3S2. The predicted octanol–water partition coefficient (Wildman–Crippen LogP) is 3.86. The normalized spacial score (nSPS) is 13.6. The van der Waals surface area contributed by atoms with Crippen LogP contribution in [0.4, 0.5) is 0 Å². The summed E-state index contributed by atoms with van der Waals surface area (Å²) in [6, 6.07) is 7.11. The van der Waals surface area contributed by atoms with Crippen LogP contribution in [0, 0.1) is 0 Å². The van der Waals surface area contributed by atoms with Gasteiger partial charge in [0.05, 0.1) is 18.2 Å². The number of aromatic nitrogens is 2. The molecule has 1 aliphatic rings. The van der Waals surface area contributed by atoms with Gasteiger partial charge in [0.15, 0.2) is 10.9 Å². The molecule has 0 amide bonds. The standard InChI is InChI=1S/C20H20N2O3S2/c1-22-19(24)17-14-8-3-4-9-16(14)27-18(17)21-20(22)26-11-15(23)12-6-5-7-13(10-12)25-2/h5-7,10H,3-4,8-9,11H2,1-2H3. The average Bonchev–Trinajstić information content (AvgIpc) is 3.07. The van der Waals surface area contributed by atoms with Crippen molar-refractivity contribution in [1.82, 2.24) is 9.55 Å². The van der Waals surface area contributed by atoms with Gasteiger partial charge in [0, 0.05) is 17.5 Å². The van der Waals surface area contributed by atoms with Gasteiger partial charge in [-0.2, -0.15) is 0 Å². The molecule has 0 saturated heterocycles. The molecule has 0 bridgehead atoms. The van der Waals surface area contributed by atoms with E-state index in [0.29, 0.717) is 16.5 Å². The highest BCUT2D eigenvalue weighted by atomic mass is 32.2. The second-order valence-electron chi connectivity index (χ2n) is 6.59. The van der Waals surface area contributed by atoms with Crippen LogP contribution in [0.2, 0.25) is 0 Å². The van der Waals surface area contributed by atoms with Crippen molar-refractivity contribution in [2.24, 2.45) is 7.05 Å². The Balaban J connectivity index is 1.61. The first-order valence-corrected chi connectivity index (χ1v) is 10.7. The monoisotopic (exact) mass is 400 g/mol. The molecule has 0 radical (unpaired) electrons. The number of nitrogens with zero attached hydrogens (tertiary/aromatic N) is 2. The maximum Gasteiger partial charge on any atom is 0.262 e. The fourth-order valence-corrected chi connectivity index (χ4v) is 5.58. The zero-order valence-electron chi connectivity index (χ0n) is 15.3. The number of ether oxygens (including phenoxy) is 1. The van der Waals surface area contributed by atoms with Crippen molar-refractivity contribution < 1.29 is 9.53 Å². The van der Waals surface area contributed by atoms with Gasteiger partial charge in [-0.25, -0.2) is 4.98 Å². The number of hydrogen-bond acceptors (Lipinski definition) is 6. The number of carbonyl (C=O) groups excluding carboxylic acids is 1. The smallest absolute Gasteiger partial charge is 0.262 e. The van der Waals surface area contributed by atoms with E-state index in [2.05, 4.69) is 0 Å². The Kier molecular flexibility index (Phi) is 5.06. The average molecular weight is 401 g/mol. The highest BCUT2D eigenvalue weighted by Gasteiger charge is 2.21. The van der Waals surface area contributed by atoms with Crippen molar-refractivity contribution in [3.8, 4) is 5.75 Å². The van der Waals surface area contributed by atoms with E-state index in [-0.39, 0.29) is 17.1 Å². The quantitative estimate of drug-likeness (QED) is 0.370. The number of ketones is 1. The first-order chi connectivity index (χ1) is 13.1. The number of thioether (sulfide) groups is 1. The number of benzene rings is 1. The lowest BCUT2D eigenvalue weighted by atomic mass is 9.97. The lowest BCUT2D eigenvalue weighted by Crippen LogP contribution is -2.21. The zero-order valence-corrected chi connectivity index (χ0v) is 16.9. The van der Waals surface area contributed by atoms with Gasteiger partial charge in [-0.3, -0.25) is 14.2 Å². The van der Waals surface area contributed by atoms with Gasteiger partial charge in [-0.05, 0) is 43.4 Å². The topological polar surface area (TPSA) is 61.2 Å². The SMILES string of the molecule is COc1cccc(C(=O)CSc2nc3sc4c(c3c(=O)n2C)CCCC4)c1. The Hall–Kier alpha value is -2.12. The summed E-state index contributed by atoms with van der Waals surface area (Å²) >= 11 is 2.94. The summed E-state index contributed by atoms with van der Waals surface area (Å²) in [6.45, 7) is 0. The number of rotatable bonds is 5. The first kappa shape index (κ1) is 18.3. The van der Waals surface area contributed by atoms with E-state index in [9.17, 15) is 9.59 Å². The maximum atomic E-state index is 12.9. The van der Waals surface area contributed by atoms with Crippen LogP contribution in [-0.2, 0) is 19.9 Å². The van der Waals surface area contributed by atoms with Gasteiger partial charge >= 0.3 is 0 Å². The molecule has 2 heterocycles. The molecule has 0 fully saturated rings. The molecule has 7 heteroatoms. The number of carbonyl (C=O) groups is 1. The molecule has 0 aliphatic heterocycles. The van der Waals surface area contributed by atoms with Gasteiger partial charge in [0.2, 0.25) is 0 Å². The van der Waals surface area contributed by atoms with E-state index >= 15 is 0 Å². The first-order valence-electron chi connectivity index (χ1n) is 8.90. The van der Waals surface area contributed by atoms with Gasteiger partial charge in [-0.15, -0.1) is 11.3 Å². The molecule has 1 aliphatic carbocycles. The van der Waals surface area contributed by atoms with Crippen LogP contribution < -0.4 is 10.3 Å². The number of fused-ring (bicyclic) bond motifs is 3. The summed E-state index contributed by atoms with van der Waals surface area (Å²) in [4.78, 5) is 32.2. The molecule has 0 unspecified atom stereocenters. The predicted molar refractivity (Wildman–Crippen MR) is 110 cm³/mol. The largest absolute Gasteiger partial charge is 0.497 e. The van der Waals surface area contributed by atoms with Crippen LogP contribution in [0.3, 0.4) is 0 Å². The second kappa shape index (κ2) is 7.48. The van der Waals surface area contributed by atoms with E-state index in [0.717, 1.165) is 29.5 Å². The van der Waals surface area contributed by atoms with E-state index in [1.807, 2.05) is 6.07 Å². The fraction of sp³-hybridized carbons (Fsp3) is 0.350. The van der Waals surface area contributed by atoms with E-state index in [4.69, 9.17) is 9.72 Å². The summed E-state index contributed by atoms with van der Waals surface area (Å²) < 4.78 is 6.75. The minimum absolute atomic E-state index is 0.00395. The van der Waals surface area contributed by atoms with E-state index in [1.54, 1.807) is 48.3 Å². The molecule has 1 aromatic carbocycles. The molecule has 0 spiro atoms. The summed E-state index contributed by atoms with van der Waals surface area (Å²) in [5.74, 6) is 0.866. The molecule has 27 heavy (non-hydrogen) atoms. The third-order valence-electron chi connectivity index (χ3n) is 4.88. The van der Waals surface area contributed by atoms with Gasteiger partial charge < -0.3 is 4.74 Å². The third-order valence-corrected chi connectivity index (χ3v) is 7.09. The van der Waals surface area contributed by atoms with Crippen molar-refractivity contribution >= 4 is 39.1 Å². The van der Waals surface area contributed by atoms with Crippen LogP contribution in [0.1, 0.15) is 33.6 Å². The van der Waals surface area contributed by atoms with Crippen LogP contribution in [-0.4, -0.2) is 28.2 Å². The Labute approximate surface area is 165 Å². The number of methoxy groups -OCH3 is 1. The summed E-state index contributed by atoms with van der Waals surface area (Å²) in [5, 5.41) is 1.36. The molecule has 0 N–H and O–H groups in total. The van der Waals surface area contributed by atoms with Crippen LogP contribution in [0.15, 0.2) is 34.2 Å². The minimum Gasteiger partial charge on any atom is -0.497 e. The molecule has 0 atom stereocenters. The molecule has 3 aromatic rings. The number of Topliss-reactive ketones (excluding diaryl/α,β-unsaturated/α-hetero) is 1. The van der Waals surface area contributed by atoms with Gasteiger partial charge in [-0.1, -0.05) is 23.9 Å². The summed E-state index contributed by atoms with van der Waals surface area (Å²) in [6.07, 6.45) is 4.31. The van der Waals surface area contributed by atoms with Crippen LogP contribution in [0.5, 0.6) is 5.75 Å². The Bertz CT molecular complexity index is 1080. The highest BCUT2D eigenvalue weighted by molar-refractivity contribution is 7.99. The number of aryl methyl sites for hydroxylation is 2. The maximum absolute atomic E-state index is 12.9. The lowest BCUT2D eigenvalue weighted by Gasteiger charge is -2.10. The van der Waals surface area contributed by atoms with E-state index in [1.165, 1.54) is 28.6 Å². The van der Waals surface area contributed by atoms with Crippen molar-refractivity contribution in [2.45, 2.75) is 30.8 Å². The lowest BCUT2D eigenvalue weighted by molar-refractivity contribution is 0.102. The highest BCUT2D eigenvalue weighted by Crippen LogP contribution is 2.34. The zero-order chi connectivity index (χ0) is 19.0. The Morgan fingerprint density at radius 3 is 2.96 bits per heavy atom. The van der Waals surface area contributed by atoms with E-state index < -0.39 is 0 Å². The summed E-state index contributed by atoms with van der Waals surface area (Å²) in [5.41, 5.74) is 1.79. The molecule has 2 aromatic heterocycles. The third kappa shape index (κ3) is 3.41. The Morgan fingerprint density at radius 2 is 2.15 bits per heavy atom. The second-order valence-corrected chi connectivity index (χ2v) is 8.62. The Morgan fingerprint density at radius 1 is 1.33 bits per heavy atom. The van der Waals surface area contributed by atoms with Crippen LogP contribution in [0.25, 0.3) is 10.2 Å².